The van der Waals surface area contributed by atoms with E-state index < -0.39 is 28.0 Å². The first-order chi connectivity index (χ1) is 18.3. The summed E-state index contributed by atoms with van der Waals surface area (Å²) >= 11 is 0. The molecule has 0 saturated heterocycles. The van der Waals surface area contributed by atoms with E-state index in [1.54, 1.807) is 0 Å². The summed E-state index contributed by atoms with van der Waals surface area (Å²) in [6.07, 6.45) is 32.2. The van der Waals surface area contributed by atoms with Crippen molar-refractivity contribution in [3.8, 4) is 0 Å². The molecule has 0 aromatic rings. The SMILES string of the molecule is CC/C=C\C/C=C\C/C=C\C/C=C\CCC(=O)NC(CS(=O)(=O)O)C(O)CCCCCCCCCCCC. The Balaban J connectivity index is 4.20. The highest BCUT2D eigenvalue weighted by molar-refractivity contribution is 7.85. The van der Waals surface area contributed by atoms with Crippen LogP contribution in [0.2, 0.25) is 0 Å². The first-order valence-electron chi connectivity index (χ1n) is 14.8. The number of unbranched alkanes of at least 4 members (excludes halogenated alkanes) is 9. The lowest BCUT2D eigenvalue weighted by atomic mass is 10.0. The third-order valence-electron chi connectivity index (χ3n) is 6.31. The van der Waals surface area contributed by atoms with Crippen molar-refractivity contribution < 1.29 is 22.9 Å². The molecule has 3 N–H and O–H groups in total. The lowest BCUT2D eigenvalue weighted by Crippen LogP contribution is -2.47. The Labute approximate surface area is 233 Å². The van der Waals surface area contributed by atoms with Crippen LogP contribution in [0.5, 0.6) is 0 Å². The molecule has 0 aromatic carbocycles. The number of allylic oxidation sites excluding steroid dienone is 8. The fourth-order valence-corrected chi connectivity index (χ4v) is 4.87. The molecule has 0 fully saturated rings. The van der Waals surface area contributed by atoms with Gasteiger partial charge >= 0.3 is 0 Å². The number of carbonyl (C=O) groups is 1. The van der Waals surface area contributed by atoms with Crippen LogP contribution >= 0.6 is 0 Å². The smallest absolute Gasteiger partial charge is 0.266 e. The Kier molecular flexibility index (Phi) is 24.4. The number of hydrogen-bond acceptors (Lipinski definition) is 4. The molecule has 0 spiro atoms. The molecule has 6 nitrogen and oxygen atoms in total. The van der Waals surface area contributed by atoms with Gasteiger partial charge in [0, 0.05) is 6.42 Å². The minimum atomic E-state index is -4.32. The predicted octanol–water partition coefficient (Wildman–Crippen LogP) is 7.62. The van der Waals surface area contributed by atoms with Gasteiger partial charge in [-0.05, 0) is 38.5 Å². The molecule has 7 heteroatoms. The third-order valence-corrected chi connectivity index (χ3v) is 7.09. The van der Waals surface area contributed by atoms with Gasteiger partial charge in [0.25, 0.3) is 10.1 Å². The van der Waals surface area contributed by atoms with Gasteiger partial charge in [-0.3, -0.25) is 9.35 Å². The normalized spacial score (nSPS) is 14.3. The fourth-order valence-electron chi connectivity index (χ4n) is 4.11. The van der Waals surface area contributed by atoms with E-state index >= 15 is 0 Å². The number of carbonyl (C=O) groups excluding carboxylic acids is 1. The molecule has 0 aliphatic heterocycles. The zero-order valence-corrected chi connectivity index (χ0v) is 24.8. The Morgan fingerprint density at radius 2 is 1.21 bits per heavy atom. The predicted molar refractivity (Wildman–Crippen MR) is 161 cm³/mol. The maximum atomic E-state index is 12.3. The van der Waals surface area contributed by atoms with Crippen LogP contribution in [0, 0.1) is 0 Å². The average molecular weight is 554 g/mol. The number of amides is 1. The topological polar surface area (TPSA) is 104 Å². The van der Waals surface area contributed by atoms with Gasteiger partial charge < -0.3 is 10.4 Å². The van der Waals surface area contributed by atoms with Crippen molar-refractivity contribution in [1.82, 2.24) is 5.32 Å². The Morgan fingerprint density at radius 3 is 1.71 bits per heavy atom. The molecule has 0 radical (unpaired) electrons. The van der Waals surface area contributed by atoms with Crippen LogP contribution in [0.25, 0.3) is 0 Å². The van der Waals surface area contributed by atoms with Crippen molar-refractivity contribution in [3.63, 3.8) is 0 Å². The molecule has 2 atom stereocenters. The summed E-state index contributed by atoms with van der Waals surface area (Å²) in [6.45, 7) is 4.34. The highest BCUT2D eigenvalue weighted by atomic mass is 32.2. The van der Waals surface area contributed by atoms with Crippen LogP contribution < -0.4 is 5.32 Å². The van der Waals surface area contributed by atoms with Crippen LogP contribution in [0.4, 0.5) is 0 Å². The third kappa shape index (κ3) is 25.9. The van der Waals surface area contributed by atoms with Crippen molar-refractivity contribution in [2.24, 2.45) is 0 Å². The summed E-state index contributed by atoms with van der Waals surface area (Å²) in [5.74, 6) is -1.01. The van der Waals surface area contributed by atoms with E-state index in [0.717, 1.165) is 44.9 Å². The van der Waals surface area contributed by atoms with Gasteiger partial charge in [0.2, 0.25) is 5.91 Å². The van der Waals surface area contributed by atoms with E-state index in [9.17, 15) is 22.9 Å². The summed E-state index contributed by atoms with van der Waals surface area (Å²) in [7, 11) is -4.32. The van der Waals surface area contributed by atoms with E-state index in [4.69, 9.17) is 0 Å². The van der Waals surface area contributed by atoms with Gasteiger partial charge in [0.15, 0.2) is 0 Å². The van der Waals surface area contributed by atoms with E-state index in [0.29, 0.717) is 12.8 Å². The zero-order valence-electron chi connectivity index (χ0n) is 24.0. The monoisotopic (exact) mass is 553 g/mol. The summed E-state index contributed by atoms with van der Waals surface area (Å²) in [5, 5.41) is 13.1. The lowest BCUT2D eigenvalue weighted by Gasteiger charge is -2.23. The quantitative estimate of drug-likeness (QED) is 0.0613. The number of rotatable bonds is 25. The second kappa shape index (κ2) is 25.6. The van der Waals surface area contributed by atoms with Crippen LogP contribution in [-0.4, -0.2) is 41.9 Å². The van der Waals surface area contributed by atoms with Gasteiger partial charge in [-0.1, -0.05) is 127 Å². The number of aliphatic hydroxyl groups is 1. The number of nitrogens with one attached hydrogen (secondary N) is 1. The second-order valence-corrected chi connectivity index (χ2v) is 11.5. The fraction of sp³-hybridized carbons (Fsp3) is 0.710. The van der Waals surface area contributed by atoms with Gasteiger partial charge in [-0.2, -0.15) is 8.42 Å². The Bertz CT molecular complexity index is 786. The van der Waals surface area contributed by atoms with Crippen molar-refractivity contribution in [1.29, 1.82) is 0 Å². The summed E-state index contributed by atoms with van der Waals surface area (Å²) in [4.78, 5) is 12.3. The van der Waals surface area contributed by atoms with E-state index in [2.05, 4.69) is 55.6 Å². The maximum absolute atomic E-state index is 12.3. The van der Waals surface area contributed by atoms with E-state index in [-0.39, 0.29) is 12.3 Å². The van der Waals surface area contributed by atoms with Crippen molar-refractivity contribution in [2.75, 3.05) is 5.75 Å². The minimum Gasteiger partial charge on any atom is -0.391 e. The molecule has 220 valence electrons. The molecular weight excluding hydrogens is 498 g/mol. The van der Waals surface area contributed by atoms with Gasteiger partial charge in [0.1, 0.15) is 0 Å². The van der Waals surface area contributed by atoms with Gasteiger partial charge in [-0.15, -0.1) is 0 Å². The van der Waals surface area contributed by atoms with E-state index in [1.807, 2.05) is 12.2 Å². The lowest BCUT2D eigenvalue weighted by molar-refractivity contribution is -0.122. The molecule has 0 aliphatic carbocycles. The molecule has 2 unspecified atom stereocenters. The van der Waals surface area contributed by atoms with Gasteiger partial charge in [0.05, 0.1) is 17.9 Å². The van der Waals surface area contributed by atoms with Gasteiger partial charge in [-0.25, -0.2) is 0 Å². The summed E-state index contributed by atoms with van der Waals surface area (Å²) in [5.41, 5.74) is 0. The first-order valence-corrected chi connectivity index (χ1v) is 16.4. The van der Waals surface area contributed by atoms with Crippen LogP contribution in [0.3, 0.4) is 0 Å². The van der Waals surface area contributed by atoms with Crippen LogP contribution in [0.1, 0.15) is 123 Å². The molecule has 0 rings (SSSR count). The molecular formula is C31H55NO5S. The maximum Gasteiger partial charge on any atom is 0.266 e. The van der Waals surface area contributed by atoms with Crippen molar-refractivity contribution in [3.05, 3.63) is 48.6 Å². The van der Waals surface area contributed by atoms with Crippen LogP contribution in [0.15, 0.2) is 48.6 Å². The Morgan fingerprint density at radius 1 is 0.737 bits per heavy atom. The second-order valence-electron chi connectivity index (χ2n) is 10.0. The minimum absolute atomic E-state index is 0.196. The van der Waals surface area contributed by atoms with Crippen molar-refractivity contribution in [2.45, 2.75) is 135 Å². The molecule has 0 aromatic heterocycles. The molecule has 1 amide bonds. The molecule has 0 bridgehead atoms. The molecule has 38 heavy (non-hydrogen) atoms. The van der Waals surface area contributed by atoms with Crippen LogP contribution in [-0.2, 0) is 14.9 Å². The molecule has 0 aliphatic rings. The molecule has 0 heterocycles. The van der Waals surface area contributed by atoms with E-state index in [1.165, 1.54) is 44.9 Å². The average Bonchev–Trinajstić information content (AvgIpc) is 2.86. The summed E-state index contributed by atoms with van der Waals surface area (Å²) in [6, 6.07) is -1.01. The zero-order chi connectivity index (χ0) is 28.3. The number of aliphatic hydroxyl groups excluding tert-OH is 1. The Hall–Kier alpha value is -1.70. The summed E-state index contributed by atoms with van der Waals surface area (Å²) < 4.78 is 32.1. The highest BCUT2D eigenvalue weighted by Crippen LogP contribution is 2.14. The highest BCUT2D eigenvalue weighted by Gasteiger charge is 2.25. The van der Waals surface area contributed by atoms with Crippen molar-refractivity contribution >= 4 is 16.0 Å². The first kappa shape index (κ1) is 36.3. The molecule has 0 saturated carbocycles. The largest absolute Gasteiger partial charge is 0.391 e. The number of hydrogen-bond donors (Lipinski definition) is 3. The standard InChI is InChI=1S/C31H55NO5S/c1-3-5-7-9-11-13-15-16-17-19-21-23-25-27-31(34)32-29(28-38(35,36)37)30(33)26-24-22-20-18-14-12-10-8-6-4-2/h5,7,11,13,16-17,21,23,29-30,33H,3-4,6,8-10,12,14-15,18-20,22,24-28H2,1-2H3,(H,32,34)(H,35,36,37)/b7-5-,13-11-,17-16-,23-21-.